The Bertz CT molecular complexity index is 440. The highest BCUT2D eigenvalue weighted by molar-refractivity contribution is 9.09. The summed E-state index contributed by atoms with van der Waals surface area (Å²) in [6, 6.07) is 5.33. The molecule has 92 valence electrons. The zero-order valence-corrected chi connectivity index (χ0v) is 11.7. The van der Waals surface area contributed by atoms with Crippen molar-refractivity contribution in [3.05, 3.63) is 34.9 Å². The van der Waals surface area contributed by atoms with E-state index in [2.05, 4.69) is 15.9 Å². The van der Waals surface area contributed by atoms with E-state index in [9.17, 15) is 9.59 Å². The fourth-order valence-corrected chi connectivity index (χ4v) is 2.21. The maximum absolute atomic E-state index is 11.8. The van der Waals surface area contributed by atoms with Gasteiger partial charge in [0.05, 0.1) is 17.0 Å². The molecule has 17 heavy (non-hydrogen) atoms. The highest BCUT2D eigenvalue weighted by Crippen LogP contribution is 2.30. The molecule has 0 saturated heterocycles. The van der Waals surface area contributed by atoms with Crippen molar-refractivity contribution >= 4 is 27.7 Å². The van der Waals surface area contributed by atoms with Gasteiger partial charge in [-0.25, -0.2) is 4.79 Å². The van der Waals surface area contributed by atoms with Gasteiger partial charge in [-0.1, -0.05) is 28.1 Å². The lowest BCUT2D eigenvalue weighted by atomic mass is 9.97. The SMILES string of the molecule is CCOC(=O)c1cccc(C)c1C(Br)C(C)=O. The normalized spacial score (nSPS) is 12.0. The van der Waals surface area contributed by atoms with Crippen LogP contribution in [0, 0.1) is 6.92 Å². The molecule has 0 bridgehead atoms. The Balaban J connectivity index is 3.26. The average molecular weight is 299 g/mol. The van der Waals surface area contributed by atoms with Crippen LogP contribution in [0.25, 0.3) is 0 Å². The molecule has 0 saturated carbocycles. The number of ether oxygens (including phenoxy) is 1. The first kappa shape index (κ1) is 13.9. The van der Waals surface area contributed by atoms with E-state index in [4.69, 9.17) is 4.74 Å². The summed E-state index contributed by atoms with van der Waals surface area (Å²) in [6.45, 7) is 5.43. The van der Waals surface area contributed by atoms with Gasteiger partial charge in [-0.05, 0) is 38.0 Å². The molecule has 0 N–H and O–H groups in total. The molecule has 0 fully saturated rings. The van der Waals surface area contributed by atoms with Crippen molar-refractivity contribution < 1.29 is 14.3 Å². The number of hydrogen-bond donors (Lipinski definition) is 0. The first-order valence-corrected chi connectivity index (χ1v) is 6.31. The number of carbonyl (C=O) groups is 2. The number of hydrogen-bond acceptors (Lipinski definition) is 3. The average Bonchev–Trinajstić information content (AvgIpc) is 2.28. The lowest BCUT2D eigenvalue weighted by Crippen LogP contribution is -2.13. The molecule has 0 heterocycles. The Labute approximate surface area is 109 Å². The van der Waals surface area contributed by atoms with Crippen LogP contribution in [0.15, 0.2) is 18.2 Å². The Morgan fingerprint density at radius 2 is 2.06 bits per heavy atom. The number of esters is 1. The topological polar surface area (TPSA) is 43.4 Å². The summed E-state index contributed by atoms with van der Waals surface area (Å²) in [5.41, 5.74) is 2.04. The van der Waals surface area contributed by atoms with Crippen LogP contribution in [-0.2, 0) is 9.53 Å². The third-order valence-corrected chi connectivity index (χ3v) is 3.53. The molecule has 0 aliphatic rings. The largest absolute Gasteiger partial charge is 0.462 e. The van der Waals surface area contributed by atoms with Gasteiger partial charge < -0.3 is 4.74 Å². The molecule has 0 spiro atoms. The summed E-state index contributed by atoms with van der Waals surface area (Å²) in [5, 5.41) is 0. The molecule has 1 aromatic rings. The molecular weight excluding hydrogens is 284 g/mol. The molecule has 1 aromatic carbocycles. The molecule has 0 aliphatic heterocycles. The van der Waals surface area contributed by atoms with E-state index in [1.54, 1.807) is 19.1 Å². The van der Waals surface area contributed by atoms with Gasteiger partial charge in [0.2, 0.25) is 0 Å². The van der Waals surface area contributed by atoms with Gasteiger partial charge >= 0.3 is 5.97 Å². The quantitative estimate of drug-likeness (QED) is 0.633. The second-order valence-electron chi connectivity index (χ2n) is 3.73. The second kappa shape index (κ2) is 5.96. The van der Waals surface area contributed by atoms with Gasteiger partial charge in [-0.3, -0.25) is 4.79 Å². The molecule has 1 atom stereocenters. The van der Waals surface area contributed by atoms with E-state index in [0.29, 0.717) is 17.7 Å². The van der Waals surface area contributed by atoms with Crippen LogP contribution in [-0.4, -0.2) is 18.4 Å². The molecular formula is C13H15BrO3. The standard InChI is InChI=1S/C13H15BrO3/c1-4-17-13(16)10-7-5-6-8(2)11(10)12(14)9(3)15/h5-7,12H,4H2,1-3H3. The minimum Gasteiger partial charge on any atom is -0.462 e. The fourth-order valence-electron chi connectivity index (χ4n) is 1.61. The van der Waals surface area contributed by atoms with Crippen LogP contribution >= 0.6 is 15.9 Å². The Hall–Kier alpha value is -1.16. The molecule has 0 aromatic heterocycles. The predicted molar refractivity (Wildman–Crippen MR) is 69.5 cm³/mol. The molecule has 4 heteroatoms. The lowest BCUT2D eigenvalue weighted by molar-refractivity contribution is -0.116. The van der Waals surface area contributed by atoms with Crippen molar-refractivity contribution in [2.75, 3.05) is 6.61 Å². The van der Waals surface area contributed by atoms with E-state index in [1.165, 1.54) is 6.92 Å². The summed E-state index contributed by atoms with van der Waals surface area (Å²) in [4.78, 5) is 22.8. The maximum Gasteiger partial charge on any atom is 0.338 e. The Kier molecular flexibility index (Phi) is 4.87. The fraction of sp³-hybridized carbons (Fsp3) is 0.385. The maximum atomic E-state index is 11.8. The van der Waals surface area contributed by atoms with Crippen molar-refractivity contribution in [2.24, 2.45) is 0 Å². The van der Waals surface area contributed by atoms with Gasteiger partial charge in [0, 0.05) is 0 Å². The zero-order valence-electron chi connectivity index (χ0n) is 10.1. The van der Waals surface area contributed by atoms with Crippen LogP contribution < -0.4 is 0 Å². The van der Waals surface area contributed by atoms with Crippen molar-refractivity contribution in [2.45, 2.75) is 25.6 Å². The number of benzene rings is 1. The summed E-state index contributed by atoms with van der Waals surface area (Å²) in [6.07, 6.45) is 0. The van der Waals surface area contributed by atoms with Crippen LogP contribution in [0.4, 0.5) is 0 Å². The Morgan fingerprint density at radius 3 is 2.59 bits per heavy atom. The van der Waals surface area contributed by atoms with E-state index < -0.39 is 10.8 Å². The molecule has 1 unspecified atom stereocenters. The van der Waals surface area contributed by atoms with Gasteiger partial charge in [0.25, 0.3) is 0 Å². The highest BCUT2D eigenvalue weighted by Gasteiger charge is 2.22. The monoisotopic (exact) mass is 298 g/mol. The first-order valence-electron chi connectivity index (χ1n) is 5.40. The summed E-state index contributed by atoms with van der Waals surface area (Å²) >= 11 is 3.31. The molecule has 1 rings (SSSR count). The minimum absolute atomic E-state index is 0.0372. The summed E-state index contributed by atoms with van der Waals surface area (Å²) < 4.78 is 4.98. The van der Waals surface area contributed by atoms with Crippen molar-refractivity contribution in [1.82, 2.24) is 0 Å². The molecule has 0 amide bonds. The number of ketones is 1. The predicted octanol–water partition coefficient (Wildman–Crippen LogP) is 3.20. The zero-order chi connectivity index (χ0) is 13.0. The van der Waals surface area contributed by atoms with Crippen molar-refractivity contribution in [1.29, 1.82) is 0 Å². The van der Waals surface area contributed by atoms with E-state index >= 15 is 0 Å². The molecule has 0 aliphatic carbocycles. The summed E-state index contributed by atoms with van der Waals surface area (Å²) in [5.74, 6) is -0.429. The van der Waals surface area contributed by atoms with Crippen LogP contribution in [0.2, 0.25) is 0 Å². The minimum atomic E-state index is -0.469. The number of Topliss-reactive ketones (excluding diaryl/α,β-unsaturated/α-hetero) is 1. The van der Waals surface area contributed by atoms with Crippen molar-refractivity contribution in [3.63, 3.8) is 0 Å². The van der Waals surface area contributed by atoms with Crippen LogP contribution in [0.5, 0.6) is 0 Å². The number of carbonyl (C=O) groups excluding carboxylic acids is 2. The van der Waals surface area contributed by atoms with Crippen LogP contribution in [0.1, 0.15) is 40.2 Å². The molecule has 3 nitrogen and oxygen atoms in total. The van der Waals surface area contributed by atoms with Gasteiger partial charge in [-0.2, -0.15) is 0 Å². The molecule has 0 radical (unpaired) electrons. The van der Waals surface area contributed by atoms with Gasteiger partial charge in [0.15, 0.2) is 0 Å². The third kappa shape index (κ3) is 3.16. The van der Waals surface area contributed by atoms with E-state index in [1.807, 2.05) is 13.0 Å². The van der Waals surface area contributed by atoms with Crippen molar-refractivity contribution in [3.8, 4) is 0 Å². The van der Waals surface area contributed by atoms with Gasteiger partial charge in [-0.15, -0.1) is 0 Å². The third-order valence-electron chi connectivity index (χ3n) is 2.43. The number of halogens is 1. The van der Waals surface area contributed by atoms with Gasteiger partial charge in [0.1, 0.15) is 5.78 Å². The number of alkyl halides is 1. The Morgan fingerprint density at radius 1 is 1.41 bits per heavy atom. The lowest BCUT2D eigenvalue weighted by Gasteiger charge is -2.14. The highest BCUT2D eigenvalue weighted by atomic mass is 79.9. The number of aryl methyl sites for hydroxylation is 1. The summed E-state index contributed by atoms with van der Waals surface area (Å²) in [7, 11) is 0. The number of rotatable bonds is 4. The first-order chi connectivity index (χ1) is 7.99. The van der Waals surface area contributed by atoms with E-state index in [-0.39, 0.29) is 5.78 Å². The smallest absolute Gasteiger partial charge is 0.338 e. The van der Waals surface area contributed by atoms with Crippen LogP contribution in [0.3, 0.4) is 0 Å². The van der Waals surface area contributed by atoms with E-state index in [0.717, 1.165) is 5.56 Å². The second-order valence-corrected chi connectivity index (χ2v) is 4.65.